The van der Waals surface area contributed by atoms with Crippen molar-refractivity contribution < 1.29 is 13.2 Å². The largest absolute Gasteiger partial charge is 0.352 e. The maximum Gasteiger partial charge on any atom is 0.263 e. The van der Waals surface area contributed by atoms with Gasteiger partial charge in [-0.15, -0.1) is 0 Å². The topological polar surface area (TPSA) is 90.9 Å². The van der Waals surface area contributed by atoms with Crippen molar-refractivity contribution >= 4 is 33.1 Å². The molecule has 1 aliphatic heterocycles. The molecule has 7 nitrogen and oxygen atoms in total. The van der Waals surface area contributed by atoms with Gasteiger partial charge >= 0.3 is 0 Å². The molecule has 1 aromatic carbocycles. The quantitative estimate of drug-likeness (QED) is 0.650. The number of carbonyl (C=O) groups excluding carboxylic acids is 1. The van der Waals surface area contributed by atoms with Crippen LogP contribution >= 0.6 is 11.3 Å². The summed E-state index contributed by atoms with van der Waals surface area (Å²) in [5.41, 5.74) is 1.65. The lowest BCUT2D eigenvalue weighted by Crippen LogP contribution is -2.42. The van der Waals surface area contributed by atoms with E-state index >= 15 is 0 Å². The van der Waals surface area contributed by atoms with Gasteiger partial charge in [-0.3, -0.25) is 14.5 Å². The number of benzene rings is 1. The Balaban J connectivity index is 1.83. The Bertz CT molecular complexity index is 1020. The van der Waals surface area contributed by atoms with Crippen molar-refractivity contribution in [2.24, 2.45) is 10.9 Å². The van der Waals surface area contributed by atoms with Gasteiger partial charge in [-0.1, -0.05) is 32.4 Å². The Hall–Kier alpha value is -2.23. The fourth-order valence-electron chi connectivity index (χ4n) is 3.40. The minimum Gasteiger partial charge on any atom is -0.352 e. The van der Waals surface area contributed by atoms with Gasteiger partial charge in [0.25, 0.3) is 10.0 Å². The second kappa shape index (κ2) is 9.28. The van der Waals surface area contributed by atoms with E-state index in [4.69, 9.17) is 0 Å². The first-order chi connectivity index (χ1) is 14.2. The highest BCUT2D eigenvalue weighted by atomic mass is 32.2. The average molecular weight is 449 g/mol. The number of carbonyl (C=O) groups is 1. The Morgan fingerprint density at radius 2 is 2.00 bits per heavy atom. The van der Waals surface area contributed by atoms with Crippen LogP contribution in [0.25, 0.3) is 0 Å². The second-order valence-electron chi connectivity index (χ2n) is 7.69. The van der Waals surface area contributed by atoms with Crippen molar-refractivity contribution in [3.05, 3.63) is 52.2 Å². The van der Waals surface area contributed by atoms with Crippen LogP contribution in [0.5, 0.6) is 0 Å². The lowest BCUT2D eigenvalue weighted by Gasteiger charge is -2.26. The van der Waals surface area contributed by atoms with Crippen LogP contribution in [0.3, 0.4) is 0 Å². The number of sulfonamides is 1. The van der Waals surface area contributed by atoms with Crippen LogP contribution in [0.4, 0.5) is 0 Å². The van der Waals surface area contributed by atoms with Gasteiger partial charge in [0.1, 0.15) is 11.9 Å². The highest BCUT2D eigenvalue weighted by molar-refractivity contribution is 7.90. The van der Waals surface area contributed by atoms with Gasteiger partial charge in [0.05, 0.1) is 10.9 Å². The summed E-state index contributed by atoms with van der Waals surface area (Å²) in [6.07, 6.45) is 0.741. The predicted octanol–water partition coefficient (Wildman–Crippen LogP) is 2.62. The molecule has 0 radical (unpaired) electrons. The normalized spacial score (nSPS) is 19.2. The van der Waals surface area contributed by atoms with E-state index in [0.29, 0.717) is 12.1 Å². The van der Waals surface area contributed by atoms with E-state index in [9.17, 15) is 13.2 Å². The van der Waals surface area contributed by atoms with Crippen LogP contribution in [0, 0.1) is 5.92 Å². The fraction of sp³-hybridized carbons (Fsp3) is 0.429. The van der Waals surface area contributed by atoms with Crippen LogP contribution in [0.2, 0.25) is 0 Å². The summed E-state index contributed by atoms with van der Waals surface area (Å²) >= 11 is 1.62. The second-order valence-corrected chi connectivity index (χ2v) is 10.1. The summed E-state index contributed by atoms with van der Waals surface area (Å²) < 4.78 is 27.3. The van der Waals surface area contributed by atoms with Gasteiger partial charge in [0.2, 0.25) is 5.91 Å². The number of amides is 1. The van der Waals surface area contributed by atoms with Crippen molar-refractivity contribution in [2.45, 2.75) is 37.2 Å². The van der Waals surface area contributed by atoms with Crippen molar-refractivity contribution in [2.75, 3.05) is 20.6 Å². The lowest BCUT2D eigenvalue weighted by atomic mass is 9.98. The Labute approximate surface area is 182 Å². The van der Waals surface area contributed by atoms with Crippen LogP contribution in [-0.2, 0) is 14.8 Å². The van der Waals surface area contributed by atoms with Crippen LogP contribution in [0.1, 0.15) is 37.4 Å². The number of hydrogen-bond acceptors (Lipinski definition) is 6. The maximum atomic E-state index is 13.1. The van der Waals surface area contributed by atoms with Gasteiger partial charge in [-0.05, 0) is 54.5 Å². The summed E-state index contributed by atoms with van der Waals surface area (Å²) in [5.74, 6) is -0.0238. The molecule has 1 amide bonds. The van der Waals surface area contributed by atoms with Gasteiger partial charge in [-0.2, -0.15) is 11.3 Å². The monoisotopic (exact) mass is 448 g/mol. The zero-order valence-electron chi connectivity index (χ0n) is 17.6. The number of nitrogens with zero attached hydrogens (tertiary/aromatic N) is 2. The molecule has 1 aliphatic rings. The number of hydrogen-bond donors (Lipinski definition) is 2. The van der Waals surface area contributed by atoms with Gasteiger partial charge in [-0.25, -0.2) is 8.42 Å². The van der Waals surface area contributed by atoms with Gasteiger partial charge < -0.3 is 10.2 Å². The third-order valence-corrected chi connectivity index (χ3v) is 7.50. The number of likely N-dealkylation sites (N-methyl/N-ethyl adjacent to an activating group) is 1. The zero-order valence-corrected chi connectivity index (χ0v) is 19.3. The zero-order chi connectivity index (χ0) is 21.9. The Morgan fingerprint density at radius 3 is 2.63 bits per heavy atom. The smallest absolute Gasteiger partial charge is 0.263 e. The number of rotatable bonds is 8. The molecule has 1 unspecified atom stereocenters. The van der Waals surface area contributed by atoms with Crippen LogP contribution in [-0.4, -0.2) is 51.7 Å². The molecule has 30 heavy (non-hydrogen) atoms. The van der Waals surface area contributed by atoms with Crippen molar-refractivity contribution in [1.29, 1.82) is 0 Å². The molecule has 3 atom stereocenters. The number of nitrogens with one attached hydrogen (secondary N) is 2. The first-order valence-corrected chi connectivity index (χ1v) is 12.3. The Morgan fingerprint density at radius 1 is 1.27 bits per heavy atom. The molecule has 162 valence electrons. The minimum absolute atomic E-state index is 0.0475. The van der Waals surface area contributed by atoms with E-state index in [1.54, 1.807) is 35.6 Å². The van der Waals surface area contributed by atoms with Gasteiger partial charge in [0.15, 0.2) is 0 Å². The molecule has 3 rings (SSSR count). The molecule has 2 N–H and O–H groups in total. The van der Waals surface area contributed by atoms with Crippen molar-refractivity contribution in [3.63, 3.8) is 0 Å². The van der Waals surface area contributed by atoms with E-state index < -0.39 is 16.1 Å². The third kappa shape index (κ3) is 4.74. The minimum atomic E-state index is -3.64. The molecule has 1 aromatic heterocycles. The predicted molar refractivity (Wildman–Crippen MR) is 120 cm³/mol. The lowest BCUT2D eigenvalue weighted by molar-refractivity contribution is -0.123. The third-order valence-electron chi connectivity index (χ3n) is 5.40. The summed E-state index contributed by atoms with van der Waals surface area (Å²) in [6, 6.07) is 8.10. The molecule has 0 saturated carbocycles. The number of thiophene rings is 1. The van der Waals surface area contributed by atoms with E-state index in [1.807, 2.05) is 33.3 Å². The molecule has 2 aromatic rings. The summed E-state index contributed by atoms with van der Waals surface area (Å²) in [6.45, 7) is 4.39. The Kier molecular flexibility index (Phi) is 6.95. The first kappa shape index (κ1) is 22.5. The molecular formula is C21H28N4O3S2. The molecule has 0 aliphatic carbocycles. The fourth-order valence-corrected chi connectivity index (χ4v) is 5.35. The first-order valence-electron chi connectivity index (χ1n) is 9.90. The number of fused-ring (bicyclic) bond motifs is 1. The van der Waals surface area contributed by atoms with E-state index in [0.717, 1.165) is 12.0 Å². The maximum absolute atomic E-state index is 13.1. The SMILES string of the molecule is CC[C@H](C)[C@H](N=C1NS(=O)(=O)c2ccccc21)C(=O)NCC(c1ccsc1)N(C)C. The molecule has 0 saturated heterocycles. The number of aliphatic imine (C=N–C) groups is 1. The molecule has 2 heterocycles. The van der Waals surface area contributed by atoms with E-state index in [2.05, 4.69) is 31.4 Å². The van der Waals surface area contributed by atoms with Crippen molar-refractivity contribution in [3.8, 4) is 0 Å². The van der Waals surface area contributed by atoms with Crippen LogP contribution in [0.15, 0.2) is 51.0 Å². The van der Waals surface area contributed by atoms with E-state index in [1.165, 1.54) is 0 Å². The van der Waals surface area contributed by atoms with Gasteiger partial charge in [0, 0.05) is 12.1 Å². The molecule has 0 spiro atoms. The standard InChI is InChI=1S/C21H28N4O3S2/c1-5-14(2)19(21(26)22-12-17(25(3)4)15-10-11-29-13-15)23-20-16-8-6-7-9-18(16)30(27,28)24-20/h6-11,13-14,17,19H,5,12H2,1-4H3,(H,22,26)(H,23,24)/t14-,17?,19-/m0/s1. The highest BCUT2D eigenvalue weighted by Gasteiger charge is 2.33. The molecule has 0 fully saturated rings. The molecular weight excluding hydrogens is 420 g/mol. The van der Waals surface area contributed by atoms with Crippen LogP contribution < -0.4 is 10.0 Å². The summed E-state index contributed by atoms with van der Waals surface area (Å²) in [4.78, 5) is 19.9. The molecule has 9 heteroatoms. The van der Waals surface area contributed by atoms with E-state index in [-0.39, 0.29) is 28.6 Å². The highest BCUT2D eigenvalue weighted by Crippen LogP contribution is 2.24. The number of amidine groups is 1. The summed E-state index contributed by atoms with van der Waals surface area (Å²) in [7, 11) is 0.311. The summed E-state index contributed by atoms with van der Waals surface area (Å²) in [5, 5.41) is 7.12. The van der Waals surface area contributed by atoms with Crippen molar-refractivity contribution in [1.82, 2.24) is 14.9 Å². The molecule has 0 bridgehead atoms. The average Bonchev–Trinajstić information content (AvgIpc) is 3.32.